The van der Waals surface area contributed by atoms with Crippen LogP contribution in [0, 0.1) is 6.92 Å². The summed E-state index contributed by atoms with van der Waals surface area (Å²) >= 11 is 0. The molecule has 0 atom stereocenters. The number of anilines is 1. The van der Waals surface area contributed by atoms with Crippen LogP contribution in [-0.4, -0.2) is 29.5 Å². The van der Waals surface area contributed by atoms with Gasteiger partial charge in [-0.2, -0.15) is 0 Å². The van der Waals surface area contributed by atoms with E-state index in [2.05, 4.69) is 5.32 Å². The van der Waals surface area contributed by atoms with E-state index >= 15 is 0 Å². The zero-order valence-electron chi connectivity index (χ0n) is 12.5. The number of rotatable bonds is 2. The Bertz CT molecular complexity index is 526. The van der Waals surface area contributed by atoms with Crippen LogP contribution < -0.4 is 10.8 Å². The Hall–Kier alpha value is -1.53. The van der Waals surface area contributed by atoms with E-state index in [1.807, 2.05) is 40.7 Å². The summed E-state index contributed by atoms with van der Waals surface area (Å²) in [6.45, 7) is 9.78. The maximum absolute atomic E-state index is 10.9. The zero-order valence-corrected chi connectivity index (χ0v) is 12.5. The Morgan fingerprint density at radius 3 is 2.25 bits per heavy atom. The number of nitrogens with one attached hydrogen (secondary N) is 1. The molecule has 2 N–H and O–H groups in total. The van der Waals surface area contributed by atoms with Gasteiger partial charge >= 0.3 is 13.2 Å². The van der Waals surface area contributed by atoms with Crippen molar-refractivity contribution in [2.45, 2.75) is 45.8 Å². The molecular weight excluding hydrogens is 257 g/mol. The lowest BCUT2D eigenvalue weighted by Crippen LogP contribution is -2.41. The lowest BCUT2D eigenvalue weighted by Gasteiger charge is -2.32. The minimum Gasteiger partial charge on any atom is -0.465 e. The van der Waals surface area contributed by atoms with E-state index in [-0.39, 0.29) is 0 Å². The van der Waals surface area contributed by atoms with Gasteiger partial charge in [-0.05, 0) is 46.2 Å². The van der Waals surface area contributed by atoms with Crippen molar-refractivity contribution in [3.63, 3.8) is 0 Å². The van der Waals surface area contributed by atoms with E-state index in [4.69, 9.17) is 14.4 Å². The van der Waals surface area contributed by atoms with Crippen LogP contribution >= 0.6 is 0 Å². The molecule has 5 nitrogen and oxygen atoms in total. The van der Waals surface area contributed by atoms with Gasteiger partial charge in [-0.15, -0.1) is 0 Å². The fourth-order valence-electron chi connectivity index (χ4n) is 2.18. The second-order valence-electron chi connectivity index (χ2n) is 6.05. The molecule has 1 amide bonds. The van der Waals surface area contributed by atoms with Gasteiger partial charge < -0.3 is 14.4 Å². The van der Waals surface area contributed by atoms with Gasteiger partial charge in [0, 0.05) is 11.2 Å². The molecule has 0 bridgehead atoms. The molecule has 1 saturated heterocycles. The predicted octanol–water partition coefficient (Wildman–Crippen LogP) is 2.38. The van der Waals surface area contributed by atoms with Gasteiger partial charge in [-0.1, -0.05) is 12.1 Å². The van der Waals surface area contributed by atoms with Crippen molar-refractivity contribution in [3.8, 4) is 0 Å². The second kappa shape index (κ2) is 4.79. The zero-order chi connectivity index (χ0) is 15.1. The first kappa shape index (κ1) is 14.9. The fourth-order valence-corrected chi connectivity index (χ4v) is 2.18. The second-order valence-corrected chi connectivity index (χ2v) is 6.05. The lowest BCUT2D eigenvalue weighted by molar-refractivity contribution is 0.00578. The first-order chi connectivity index (χ1) is 9.14. The van der Waals surface area contributed by atoms with Gasteiger partial charge in [-0.25, -0.2) is 4.79 Å². The molecule has 1 aromatic carbocycles. The Kier molecular flexibility index (Phi) is 3.56. The Morgan fingerprint density at radius 2 is 1.75 bits per heavy atom. The van der Waals surface area contributed by atoms with Crippen molar-refractivity contribution in [2.24, 2.45) is 0 Å². The number of hydrogen-bond donors (Lipinski definition) is 2. The summed E-state index contributed by atoms with van der Waals surface area (Å²) in [6.07, 6.45) is -1.10. The number of carboxylic acid groups (broad SMARTS) is 1. The number of aryl methyl sites for hydroxylation is 1. The molecule has 1 aromatic rings. The van der Waals surface area contributed by atoms with Crippen LogP contribution in [0.4, 0.5) is 10.5 Å². The largest absolute Gasteiger partial charge is 0.497 e. The molecular formula is C14H20BNO4. The standard InChI is InChI=1S/C14H20BNO4/c1-9-7-6-8-10(16-12(17)18)11(9)15-19-13(2,3)14(4,5)20-15/h6-8,16H,1-5H3,(H,17,18). The predicted molar refractivity (Wildman–Crippen MR) is 78.5 cm³/mol. The smallest absolute Gasteiger partial charge is 0.465 e. The number of amides is 1. The molecule has 2 rings (SSSR count). The number of carbonyl (C=O) groups is 1. The topological polar surface area (TPSA) is 67.8 Å². The van der Waals surface area contributed by atoms with Gasteiger partial charge in [0.15, 0.2) is 0 Å². The van der Waals surface area contributed by atoms with Gasteiger partial charge in [0.1, 0.15) is 0 Å². The van der Waals surface area contributed by atoms with Crippen LogP contribution in [0.5, 0.6) is 0 Å². The van der Waals surface area contributed by atoms with Crippen LogP contribution in [0.25, 0.3) is 0 Å². The maximum atomic E-state index is 10.9. The quantitative estimate of drug-likeness (QED) is 0.814. The number of benzene rings is 1. The lowest BCUT2D eigenvalue weighted by atomic mass is 9.75. The Morgan fingerprint density at radius 1 is 1.20 bits per heavy atom. The highest BCUT2D eigenvalue weighted by molar-refractivity contribution is 6.64. The minimum atomic E-state index is -1.10. The van der Waals surface area contributed by atoms with Gasteiger partial charge in [0.05, 0.1) is 11.2 Å². The van der Waals surface area contributed by atoms with Crippen LogP contribution in [0.1, 0.15) is 33.3 Å². The van der Waals surface area contributed by atoms with Crippen molar-refractivity contribution < 1.29 is 19.2 Å². The SMILES string of the molecule is Cc1cccc(NC(=O)O)c1B1OC(C)(C)C(C)(C)O1. The highest BCUT2D eigenvalue weighted by Gasteiger charge is 2.52. The Balaban J connectivity index is 2.41. The van der Waals surface area contributed by atoms with E-state index < -0.39 is 24.4 Å². The van der Waals surface area contributed by atoms with Gasteiger partial charge in [0.2, 0.25) is 0 Å². The van der Waals surface area contributed by atoms with Crippen molar-refractivity contribution in [2.75, 3.05) is 5.32 Å². The van der Waals surface area contributed by atoms with Crippen LogP contribution in [-0.2, 0) is 9.31 Å². The fraction of sp³-hybridized carbons (Fsp3) is 0.500. The molecule has 0 spiro atoms. The molecule has 6 heteroatoms. The molecule has 20 heavy (non-hydrogen) atoms. The molecule has 0 unspecified atom stereocenters. The Labute approximate surface area is 119 Å². The summed E-state index contributed by atoms with van der Waals surface area (Å²) in [5, 5.41) is 11.3. The third-order valence-electron chi connectivity index (χ3n) is 4.05. The van der Waals surface area contributed by atoms with Crippen molar-refractivity contribution in [1.29, 1.82) is 0 Å². The molecule has 0 saturated carbocycles. The maximum Gasteiger partial charge on any atom is 0.497 e. The summed E-state index contributed by atoms with van der Waals surface area (Å²) in [7, 11) is -0.581. The highest BCUT2D eigenvalue weighted by atomic mass is 16.7. The van der Waals surface area contributed by atoms with E-state index in [1.165, 1.54) is 0 Å². The van der Waals surface area contributed by atoms with Crippen molar-refractivity contribution >= 4 is 24.4 Å². The normalized spacial score (nSPS) is 19.9. The molecule has 0 radical (unpaired) electrons. The van der Waals surface area contributed by atoms with E-state index in [0.29, 0.717) is 5.69 Å². The van der Waals surface area contributed by atoms with Crippen molar-refractivity contribution in [3.05, 3.63) is 23.8 Å². The molecule has 0 aliphatic carbocycles. The van der Waals surface area contributed by atoms with Gasteiger partial charge in [0.25, 0.3) is 0 Å². The van der Waals surface area contributed by atoms with Crippen molar-refractivity contribution in [1.82, 2.24) is 0 Å². The summed E-state index contributed by atoms with van der Waals surface area (Å²) < 4.78 is 12.0. The molecule has 1 fully saturated rings. The van der Waals surface area contributed by atoms with E-state index in [1.54, 1.807) is 12.1 Å². The van der Waals surface area contributed by atoms with E-state index in [9.17, 15) is 4.79 Å². The third kappa shape index (κ3) is 2.53. The van der Waals surface area contributed by atoms with Crippen LogP contribution in [0.15, 0.2) is 18.2 Å². The van der Waals surface area contributed by atoms with E-state index in [0.717, 1.165) is 11.0 Å². The summed E-state index contributed by atoms with van der Waals surface area (Å²) in [5.74, 6) is 0. The molecule has 1 heterocycles. The summed E-state index contributed by atoms with van der Waals surface area (Å²) in [6, 6.07) is 5.42. The minimum absolute atomic E-state index is 0.458. The average Bonchev–Trinajstić information content (AvgIpc) is 2.46. The molecule has 0 aromatic heterocycles. The highest BCUT2D eigenvalue weighted by Crippen LogP contribution is 2.37. The number of hydrogen-bond acceptors (Lipinski definition) is 3. The molecule has 1 aliphatic rings. The first-order valence-corrected chi connectivity index (χ1v) is 6.59. The summed E-state index contributed by atoms with van der Waals surface area (Å²) in [5.41, 5.74) is 1.24. The van der Waals surface area contributed by atoms with Crippen LogP contribution in [0.2, 0.25) is 0 Å². The monoisotopic (exact) mass is 277 g/mol. The third-order valence-corrected chi connectivity index (χ3v) is 4.05. The average molecular weight is 277 g/mol. The first-order valence-electron chi connectivity index (χ1n) is 6.59. The molecule has 108 valence electrons. The molecule has 1 aliphatic heterocycles. The summed E-state index contributed by atoms with van der Waals surface area (Å²) in [4.78, 5) is 10.9. The van der Waals surface area contributed by atoms with Crippen LogP contribution in [0.3, 0.4) is 0 Å². The van der Waals surface area contributed by atoms with Gasteiger partial charge in [-0.3, -0.25) is 5.32 Å².